The van der Waals surface area contributed by atoms with Crippen molar-refractivity contribution in [2.24, 2.45) is 0 Å². The van der Waals surface area contributed by atoms with Gasteiger partial charge in [-0.2, -0.15) is 0 Å². The number of amides is 2. The van der Waals surface area contributed by atoms with Gasteiger partial charge in [0.2, 0.25) is 11.8 Å². The number of nitrogens with one attached hydrogen (secondary N) is 2. The Balaban J connectivity index is 1.65. The van der Waals surface area contributed by atoms with Crippen LogP contribution in [0, 0.1) is 0 Å². The summed E-state index contributed by atoms with van der Waals surface area (Å²) in [4.78, 5) is 31.2. The van der Waals surface area contributed by atoms with E-state index in [9.17, 15) is 9.59 Å². The SMILES string of the molecule is O=C(CN1CSCC1=O)NCCc1cnc[nH]1. The standard InChI is InChI=1S/C10H14N4O2S/c15-9(4-14-7-17-5-10(14)16)12-2-1-8-3-11-6-13-8/h3,6H,1-2,4-5,7H2,(H,11,13)(H,12,15). The van der Waals surface area contributed by atoms with E-state index in [2.05, 4.69) is 15.3 Å². The molecular formula is C10H14N4O2S. The normalized spacial score (nSPS) is 15.3. The number of hydrogen-bond acceptors (Lipinski definition) is 4. The van der Waals surface area contributed by atoms with Crippen LogP contribution in [0.25, 0.3) is 0 Å². The summed E-state index contributed by atoms with van der Waals surface area (Å²) in [5.41, 5.74) is 0.984. The molecule has 0 radical (unpaired) electrons. The average Bonchev–Trinajstić information content (AvgIpc) is 2.92. The second-order valence-corrected chi connectivity index (χ2v) is 4.70. The van der Waals surface area contributed by atoms with Gasteiger partial charge in [-0.15, -0.1) is 11.8 Å². The van der Waals surface area contributed by atoms with Gasteiger partial charge in [-0.25, -0.2) is 4.98 Å². The van der Waals surface area contributed by atoms with Crippen molar-refractivity contribution in [1.82, 2.24) is 20.2 Å². The van der Waals surface area contributed by atoms with E-state index in [4.69, 9.17) is 0 Å². The number of thioether (sulfide) groups is 1. The Morgan fingerprint density at radius 1 is 1.65 bits per heavy atom. The van der Waals surface area contributed by atoms with Crippen LogP contribution >= 0.6 is 11.8 Å². The highest BCUT2D eigenvalue weighted by Crippen LogP contribution is 2.13. The molecule has 2 heterocycles. The first-order valence-corrected chi connectivity index (χ1v) is 6.50. The summed E-state index contributed by atoms with van der Waals surface area (Å²) < 4.78 is 0. The molecule has 2 N–H and O–H groups in total. The predicted molar refractivity (Wildman–Crippen MR) is 64.3 cm³/mol. The summed E-state index contributed by atoms with van der Waals surface area (Å²) in [7, 11) is 0. The van der Waals surface area contributed by atoms with Gasteiger partial charge in [-0.3, -0.25) is 9.59 Å². The lowest BCUT2D eigenvalue weighted by Gasteiger charge is -2.13. The van der Waals surface area contributed by atoms with E-state index in [0.717, 1.165) is 5.69 Å². The number of nitrogens with zero attached hydrogens (tertiary/aromatic N) is 2. The molecule has 1 aromatic heterocycles. The van der Waals surface area contributed by atoms with Crippen molar-refractivity contribution >= 4 is 23.6 Å². The van der Waals surface area contributed by atoms with Crippen LogP contribution in [0.3, 0.4) is 0 Å². The minimum Gasteiger partial charge on any atom is -0.354 e. The predicted octanol–water partition coefficient (Wildman–Crippen LogP) is -0.399. The molecule has 1 aliphatic rings. The number of carbonyl (C=O) groups excluding carboxylic acids is 2. The zero-order valence-electron chi connectivity index (χ0n) is 9.31. The molecule has 1 saturated heterocycles. The molecule has 0 spiro atoms. The number of hydrogen-bond donors (Lipinski definition) is 2. The van der Waals surface area contributed by atoms with Gasteiger partial charge >= 0.3 is 0 Å². The Labute approximate surface area is 103 Å². The van der Waals surface area contributed by atoms with Crippen molar-refractivity contribution in [1.29, 1.82) is 0 Å². The summed E-state index contributed by atoms with van der Waals surface area (Å²) in [5, 5.41) is 2.78. The number of rotatable bonds is 5. The first kappa shape index (κ1) is 12.0. The van der Waals surface area contributed by atoms with Crippen molar-refractivity contribution in [2.45, 2.75) is 6.42 Å². The van der Waals surface area contributed by atoms with Crippen LogP contribution in [0.15, 0.2) is 12.5 Å². The maximum Gasteiger partial charge on any atom is 0.239 e. The van der Waals surface area contributed by atoms with E-state index >= 15 is 0 Å². The van der Waals surface area contributed by atoms with Crippen molar-refractivity contribution in [3.8, 4) is 0 Å². The van der Waals surface area contributed by atoms with E-state index in [1.165, 1.54) is 11.8 Å². The topological polar surface area (TPSA) is 78.1 Å². The zero-order chi connectivity index (χ0) is 12.1. The molecule has 0 unspecified atom stereocenters. The van der Waals surface area contributed by atoms with Crippen LogP contribution in [-0.4, -0.2) is 51.4 Å². The Morgan fingerprint density at radius 2 is 2.53 bits per heavy atom. The van der Waals surface area contributed by atoms with Crippen LogP contribution in [0.4, 0.5) is 0 Å². The maximum absolute atomic E-state index is 11.5. The molecule has 7 heteroatoms. The van der Waals surface area contributed by atoms with Crippen LogP contribution in [0.2, 0.25) is 0 Å². The lowest BCUT2D eigenvalue weighted by atomic mass is 10.3. The highest BCUT2D eigenvalue weighted by atomic mass is 32.2. The van der Waals surface area contributed by atoms with Crippen molar-refractivity contribution in [3.05, 3.63) is 18.2 Å². The molecule has 1 fully saturated rings. The molecule has 0 aliphatic carbocycles. The number of H-pyrrole nitrogens is 1. The summed E-state index contributed by atoms with van der Waals surface area (Å²) >= 11 is 1.54. The second kappa shape index (κ2) is 5.72. The van der Waals surface area contributed by atoms with Gasteiger partial charge in [0, 0.05) is 24.9 Å². The summed E-state index contributed by atoms with van der Waals surface area (Å²) in [6, 6.07) is 0. The van der Waals surface area contributed by atoms with Crippen molar-refractivity contribution in [3.63, 3.8) is 0 Å². The number of carbonyl (C=O) groups is 2. The van der Waals surface area contributed by atoms with Gasteiger partial charge in [0.15, 0.2) is 0 Å². The number of imidazole rings is 1. The Morgan fingerprint density at radius 3 is 3.18 bits per heavy atom. The van der Waals surface area contributed by atoms with Gasteiger partial charge in [0.1, 0.15) is 6.54 Å². The van der Waals surface area contributed by atoms with Crippen LogP contribution in [0.1, 0.15) is 5.69 Å². The fourth-order valence-corrected chi connectivity index (χ4v) is 2.43. The highest BCUT2D eigenvalue weighted by molar-refractivity contribution is 8.00. The highest BCUT2D eigenvalue weighted by Gasteiger charge is 2.22. The van der Waals surface area contributed by atoms with Gasteiger partial charge in [-0.1, -0.05) is 0 Å². The molecule has 0 bridgehead atoms. The molecule has 1 aliphatic heterocycles. The fourth-order valence-electron chi connectivity index (χ4n) is 1.53. The van der Waals surface area contributed by atoms with E-state index < -0.39 is 0 Å². The second-order valence-electron chi connectivity index (χ2n) is 3.75. The summed E-state index contributed by atoms with van der Waals surface area (Å²) in [6.07, 6.45) is 4.05. The van der Waals surface area contributed by atoms with Crippen LogP contribution in [-0.2, 0) is 16.0 Å². The Bertz CT molecular complexity index is 393. The first-order chi connectivity index (χ1) is 8.25. The van der Waals surface area contributed by atoms with E-state index in [1.807, 2.05) is 0 Å². The molecule has 1 aromatic rings. The smallest absolute Gasteiger partial charge is 0.239 e. The lowest BCUT2D eigenvalue weighted by Crippen LogP contribution is -2.38. The van der Waals surface area contributed by atoms with Gasteiger partial charge < -0.3 is 15.2 Å². The molecule has 0 atom stereocenters. The molecule has 2 rings (SSSR count). The largest absolute Gasteiger partial charge is 0.354 e. The zero-order valence-corrected chi connectivity index (χ0v) is 10.1. The summed E-state index contributed by atoms with van der Waals surface area (Å²) in [6.45, 7) is 0.713. The molecule has 6 nitrogen and oxygen atoms in total. The average molecular weight is 254 g/mol. The quantitative estimate of drug-likeness (QED) is 0.749. The minimum atomic E-state index is -0.111. The number of aromatic amines is 1. The van der Waals surface area contributed by atoms with E-state index in [1.54, 1.807) is 17.4 Å². The molecule has 0 aromatic carbocycles. The van der Waals surface area contributed by atoms with Crippen molar-refractivity contribution < 1.29 is 9.59 Å². The molecule has 92 valence electrons. The third-order valence-electron chi connectivity index (χ3n) is 2.43. The van der Waals surface area contributed by atoms with Crippen LogP contribution < -0.4 is 5.32 Å². The Kier molecular flexibility index (Phi) is 4.03. The van der Waals surface area contributed by atoms with E-state index in [0.29, 0.717) is 24.6 Å². The number of aromatic nitrogens is 2. The van der Waals surface area contributed by atoms with Gasteiger partial charge in [0.05, 0.1) is 18.0 Å². The van der Waals surface area contributed by atoms with Crippen LogP contribution in [0.5, 0.6) is 0 Å². The fraction of sp³-hybridized carbons (Fsp3) is 0.500. The molecule has 0 saturated carbocycles. The minimum absolute atomic E-state index is 0.0405. The Hall–Kier alpha value is -1.50. The molecule has 2 amide bonds. The maximum atomic E-state index is 11.5. The lowest BCUT2D eigenvalue weighted by molar-refractivity contribution is -0.132. The first-order valence-electron chi connectivity index (χ1n) is 5.35. The van der Waals surface area contributed by atoms with Gasteiger partial charge in [-0.05, 0) is 0 Å². The van der Waals surface area contributed by atoms with Gasteiger partial charge in [0.25, 0.3) is 0 Å². The third-order valence-corrected chi connectivity index (χ3v) is 3.38. The summed E-state index contributed by atoms with van der Waals surface area (Å²) in [5.74, 6) is 1.04. The monoisotopic (exact) mass is 254 g/mol. The molecule has 17 heavy (non-hydrogen) atoms. The third kappa shape index (κ3) is 3.48. The van der Waals surface area contributed by atoms with Crippen molar-refractivity contribution in [2.75, 3.05) is 24.7 Å². The van der Waals surface area contributed by atoms with E-state index in [-0.39, 0.29) is 18.4 Å². The molecular weight excluding hydrogens is 240 g/mol.